The first kappa shape index (κ1) is 23.3. The van der Waals surface area contributed by atoms with Gasteiger partial charge in [0, 0.05) is 30.0 Å². The van der Waals surface area contributed by atoms with Crippen LogP contribution < -0.4 is 19.7 Å². The lowest BCUT2D eigenvalue weighted by atomic mass is 10.0. The molecular formula is C26H22N4O5S. The van der Waals surface area contributed by atoms with Crippen molar-refractivity contribution >= 4 is 28.7 Å². The molecule has 10 heteroatoms. The first-order valence-electron chi connectivity index (χ1n) is 11.1. The summed E-state index contributed by atoms with van der Waals surface area (Å²) in [5.41, 5.74) is 2.25. The predicted molar refractivity (Wildman–Crippen MR) is 138 cm³/mol. The highest BCUT2D eigenvalue weighted by molar-refractivity contribution is 7.80. The molecule has 1 N–H and O–H groups in total. The average Bonchev–Trinajstić information content (AvgIpc) is 3.53. The first-order valence-corrected chi connectivity index (χ1v) is 11.5. The number of hydrogen-bond acceptors (Lipinski definition) is 7. The highest BCUT2D eigenvalue weighted by Crippen LogP contribution is 2.46. The van der Waals surface area contributed by atoms with Crippen molar-refractivity contribution in [3.05, 3.63) is 101 Å². The Hall–Kier alpha value is -4.44. The number of nitro benzene ring substituents is 1. The molecule has 0 spiro atoms. The zero-order valence-corrected chi connectivity index (χ0v) is 20.3. The fourth-order valence-corrected chi connectivity index (χ4v) is 4.64. The molecule has 0 radical (unpaired) electrons. The van der Waals surface area contributed by atoms with E-state index >= 15 is 0 Å². The Labute approximate surface area is 212 Å². The summed E-state index contributed by atoms with van der Waals surface area (Å²) in [6, 6.07) is 20.5. The first-order chi connectivity index (χ1) is 17.5. The van der Waals surface area contributed by atoms with E-state index in [1.54, 1.807) is 32.5 Å². The van der Waals surface area contributed by atoms with Crippen LogP contribution in [0.4, 0.5) is 11.4 Å². The third-order valence-electron chi connectivity index (χ3n) is 6.02. The normalized spacial score (nSPS) is 17.1. The number of nitro groups is 1. The number of pyridine rings is 1. The highest BCUT2D eigenvalue weighted by atomic mass is 32.1. The molecule has 182 valence electrons. The van der Waals surface area contributed by atoms with Gasteiger partial charge in [-0.2, -0.15) is 0 Å². The molecule has 0 saturated carbocycles. The fraction of sp³-hybridized carbons (Fsp3) is 0.154. The van der Waals surface area contributed by atoms with Crippen molar-refractivity contribution in [3.8, 4) is 22.8 Å². The maximum absolute atomic E-state index is 11.0. The number of hydrogen-bond donors (Lipinski definition) is 1. The van der Waals surface area contributed by atoms with Crippen molar-refractivity contribution in [2.75, 3.05) is 19.1 Å². The zero-order chi connectivity index (χ0) is 25.2. The van der Waals surface area contributed by atoms with Gasteiger partial charge in [-0.15, -0.1) is 0 Å². The molecule has 1 saturated heterocycles. The average molecular weight is 503 g/mol. The van der Waals surface area contributed by atoms with Crippen LogP contribution in [0.1, 0.15) is 23.5 Å². The molecule has 3 heterocycles. The second-order valence-electron chi connectivity index (χ2n) is 8.04. The maximum atomic E-state index is 11.0. The van der Waals surface area contributed by atoms with Gasteiger partial charge >= 0.3 is 0 Å². The number of methoxy groups -OCH3 is 2. The van der Waals surface area contributed by atoms with Crippen LogP contribution >= 0.6 is 12.2 Å². The summed E-state index contributed by atoms with van der Waals surface area (Å²) in [6.45, 7) is 0. The van der Waals surface area contributed by atoms with E-state index in [9.17, 15) is 10.1 Å². The van der Waals surface area contributed by atoms with Gasteiger partial charge in [0.25, 0.3) is 5.69 Å². The molecule has 5 rings (SSSR count). The molecule has 2 aromatic heterocycles. The molecule has 4 aromatic rings. The standard InChI is InChI=1S/C26H22N4O5S/c1-33-18-10-11-22(34-2)20(15-18)29-25(24(28-26(29)36)19-5-3-4-14-27-19)23-13-12-21(35-23)16-6-8-17(9-7-16)30(31)32/h3-15,24-25H,1-2H3,(H,28,36). The van der Waals surface area contributed by atoms with Crippen LogP contribution in [0.2, 0.25) is 0 Å². The number of aromatic nitrogens is 1. The van der Waals surface area contributed by atoms with Gasteiger partial charge in [-0.3, -0.25) is 15.1 Å². The minimum Gasteiger partial charge on any atom is -0.497 e. The summed E-state index contributed by atoms with van der Waals surface area (Å²) in [7, 11) is 3.20. The Morgan fingerprint density at radius 2 is 1.86 bits per heavy atom. The van der Waals surface area contributed by atoms with E-state index in [1.807, 2.05) is 53.4 Å². The molecule has 0 aliphatic carbocycles. The van der Waals surface area contributed by atoms with E-state index in [-0.39, 0.29) is 11.7 Å². The molecule has 9 nitrogen and oxygen atoms in total. The molecule has 1 aliphatic rings. The second kappa shape index (κ2) is 9.67. The summed E-state index contributed by atoms with van der Waals surface area (Å²) in [5, 5.41) is 14.9. The van der Waals surface area contributed by atoms with Gasteiger partial charge < -0.3 is 24.1 Å². The molecule has 1 aliphatic heterocycles. The van der Waals surface area contributed by atoms with Gasteiger partial charge in [-0.05, 0) is 60.7 Å². The molecule has 0 bridgehead atoms. The van der Waals surface area contributed by atoms with Crippen molar-refractivity contribution in [3.63, 3.8) is 0 Å². The summed E-state index contributed by atoms with van der Waals surface area (Å²) in [5.74, 6) is 2.49. The number of nitrogens with zero attached hydrogens (tertiary/aromatic N) is 3. The summed E-state index contributed by atoms with van der Waals surface area (Å²) < 4.78 is 17.4. The van der Waals surface area contributed by atoms with E-state index in [4.69, 9.17) is 26.1 Å². The topological polar surface area (TPSA) is 103 Å². The molecule has 36 heavy (non-hydrogen) atoms. The van der Waals surface area contributed by atoms with Crippen LogP contribution in [0, 0.1) is 10.1 Å². The molecule has 0 amide bonds. The van der Waals surface area contributed by atoms with E-state index in [0.717, 1.165) is 11.3 Å². The number of thiocarbonyl (C=S) groups is 1. The number of anilines is 1. The van der Waals surface area contributed by atoms with Crippen molar-refractivity contribution in [2.24, 2.45) is 0 Å². The highest BCUT2D eigenvalue weighted by Gasteiger charge is 2.43. The van der Waals surface area contributed by atoms with Crippen LogP contribution in [-0.4, -0.2) is 29.2 Å². The molecular weight excluding hydrogens is 480 g/mol. The molecule has 2 atom stereocenters. The van der Waals surface area contributed by atoms with Crippen LogP contribution in [0.25, 0.3) is 11.3 Å². The summed E-state index contributed by atoms with van der Waals surface area (Å²) in [6.07, 6.45) is 1.73. The monoisotopic (exact) mass is 502 g/mol. The number of ether oxygens (including phenoxy) is 2. The van der Waals surface area contributed by atoms with Gasteiger partial charge in [-0.25, -0.2) is 0 Å². The van der Waals surface area contributed by atoms with Crippen molar-refractivity contribution in [1.29, 1.82) is 0 Å². The van der Waals surface area contributed by atoms with Gasteiger partial charge in [0.15, 0.2) is 5.11 Å². The van der Waals surface area contributed by atoms with Crippen LogP contribution in [0.5, 0.6) is 11.5 Å². The Kier molecular flexibility index (Phi) is 6.26. The van der Waals surface area contributed by atoms with E-state index in [2.05, 4.69) is 10.3 Å². The third kappa shape index (κ3) is 4.22. The van der Waals surface area contributed by atoms with E-state index in [1.165, 1.54) is 12.1 Å². The maximum Gasteiger partial charge on any atom is 0.269 e. The van der Waals surface area contributed by atoms with Crippen LogP contribution in [0.3, 0.4) is 0 Å². The molecule has 2 aromatic carbocycles. The lowest BCUT2D eigenvalue weighted by Crippen LogP contribution is -2.29. The minimum atomic E-state index is -0.431. The van der Waals surface area contributed by atoms with E-state index < -0.39 is 11.0 Å². The Morgan fingerprint density at radius 1 is 1.06 bits per heavy atom. The Morgan fingerprint density at radius 3 is 2.53 bits per heavy atom. The Bertz CT molecular complexity index is 1410. The van der Waals surface area contributed by atoms with Gasteiger partial charge in [0.1, 0.15) is 29.1 Å². The van der Waals surface area contributed by atoms with Crippen LogP contribution in [-0.2, 0) is 0 Å². The lowest BCUT2D eigenvalue weighted by molar-refractivity contribution is -0.384. The second-order valence-corrected chi connectivity index (χ2v) is 8.43. The largest absolute Gasteiger partial charge is 0.497 e. The quantitative estimate of drug-likeness (QED) is 0.201. The summed E-state index contributed by atoms with van der Waals surface area (Å²) >= 11 is 5.79. The van der Waals surface area contributed by atoms with Gasteiger partial charge in [-0.1, -0.05) is 6.07 Å². The van der Waals surface area contributed by atoms with Crippen molar-refractivity contribution < 1.29 is 18.8 Å². The van der Waals surface area contributed by atoms with E-state index in [0.29, 0.717) is 33.8 Å². The number of non-ortho nitro benzene ring substituents is 1. The van der Waals surface area contributed by atoms with Crippen LogP contribution in [0.15, 0.2) is 83.4 Å². The van der Waals surface area contributed by atoms with Gasteiger partial charge in [0.2, 0.25) is 0 Å². The third-order valence-corrected chi connectivity index (χ3v) is 6.34. The van der Waals surface area contributed by atoms with Crippen molar-refractivity contribution in [1.82, 2.24) is 10.3 Å². The summed E-state index contributed by atoms with van der Waals surface area (Å²) in [4.78, 5) is 17.1. The lowest BCUT2D eigenvalue weighted by Gasteiger charge is -2.27. The molecule has 1 fully saturated rings. The number of benzene rings is 2. The predicted octanol–water partition coefficient (Wildman–Crippen LogP) is 5.44. The number of nitrogens with one attached hydrogen (secondary N) is 1. The van der Waals surface area contributed by atoms with Crippen molar-refractivity contribution in [2.45, 2.75) is 12.1 Å². The minimum absolute atomic E-state index is 0.0161. The smallest absolute Gasteiger partial charge is 0.269 e. The molecule has 2 unspecified atom stereocenters. The van der Waals surface area contributed by atoms with Gasteiger partial charge in [0.05, 0.1) is 36.6 Å². The number of rotatable bonds is 7. The number of furan rings is 1. The fourth-order valence-electron chi connectivity index (χ4n) is 4.30. The SMILES string of the molecule is COc1ccc(OC)c(N2C(=S)NC(c3ccccn3)C2c2ccc(-c3ccc([N+](=O)[O-])cc3)o2)c1. The Balaban J connectivity index is 1.61. The zero-order valence-electron chi connectivity index (χ0n) is 19.5.